The van der Waals surface area contributed by atoms with E-state index in [4.69, 9.17) is 0 Å². The SMILES string of the molecule is Cc1cccc(-n2ncc3c2CCC[C@H]3NC(=O)/C=C/c2cnc[nH]2)c1C. The van der Waals surface area contributed by atoms with Gasteiger partial charge in [0.2, 0.25) is 5.91 Å². The fourth-order valence-electron chi connectivity index (χ4n) is 3.62. The highest BCUT2D eigenvalue weighted by Gasteiger charge is 2.26. The summed E-state index contributed by atoms with van der Waals surface area (Å²) in [4.78, 5) is 19.2. The van der Waals surface area contributed by atoms with Gasteiger partial charge in [0.25, 0.3) is 0 Å². The summed E-state index contributed by atoms with van der Waals surface area (Å²) in [5, 5.41) is 7.76. The lowest BCUT2D eigenvalue weighted by atomic mass is 9.92. The number of imidazole rings is 1. The number of fused-ring (bicyclic) bond motifs is 1. The summed E-state index contributed by atoms with van der Waals surface area (Å²) in [7, 11) is 0. The zero-order valence-electron chi connectivity index (χ0n) is 15.6. The summed E-state index contributed by atoms with van der Waals surface area (Å²) in [5.41, 5.74) is 6.71. The quantitative estimate of drug-likeness (QED) is 0.699. The first-order valence-corrected chi connectivity index (χ1v) is 9.24. The fraction of sp³-hybridized carbons (Fsp3) is 0.286. The Balaban J connectivity index is 1.57. The first-order valence-electron chi connectivity index (χ1n) is 9.24. The van der Waals surface area contributed by atoms with E-state index >= 15 is 0 Å². The summed E-state index contributed by atoms with van der Waals surface area (Å²) in [6.45, 7) is 4.24. The van der Waals surface area contributed by atoms with Crippen LogP contribution >= 0.6 is 0 Å². The van der Waals surface area contributed by atoms with Crippen LogP contribution in [0.5, 0.6) is 0 Å². The van der Waals surface area contributed by atoms with Gasteiger partial charge in [-0.2, -0.15) is 5.10 Å². The lowest BCUT2D eigenvalue weighted by Gasteiger charge is -2.24. The number of aryl methyl sites for hydroxylation is 1. The van der Waals surface area contributed by atoms with Crippen molar-refractivity contribution in [3.05, 3.63) is 71.1 Å². The lowest BCUT2D eigenvalue weighted by molar-refractivity contribution is -0.117. The van der Waals surface area contributed by atoms with Crippen LogP contribution < -0.4 is 5.32 Å². The average molecular weight is 361 g/mol. The molecule has 0 saturated carbocycles. The Morgan fingerprint density at radius 1 is 1.33 bits per heavy atom. The second-order valence-electron chi connectivity index (χ2n) is 6.97. The van der Waals surface area contributed by atoms with E-state index in [0.29, 0.717) is 0 Å². The monoisotopic (exact) mass is 361 g/mol. The molecule has 6 heteroatoms. The second kappa shape index (κ2) is 7.23. The number of carbonyl (C=O) groups excluding carboxylic acids is 1. The highest BCUT2D eigenvalue weighted by molar-refractivity contribution is 5.91. The number of rotatable bonds is 4. The molecule has 0 fully saturated rings. The average Bonchev–Trinajstić information content (AvgIpc) is 3.33. The molecule has 0 unspecified atom stereocenters. The Hall–Kier alpha value is -3.15. The van der Waals surface area contributed by atoms with Crippen LogP contribution in [0.1, 0.15) is 47.0 Å². The molecule has 27 heavy (non-hydrogen) atoms. The highest BCUT2D eigenvalue weighted by atomic mass is 16.1. The third-order valence-corrected chi connectivity index (χ3v) is 5.24. The highest BCUT2D eigenvalue weighted by Crippen LogP contribution is 2.32. The van der Waals surface area contributed by atoms with Gasteiger partial charge >= 0.3 is 0 Å². The van der Waals surface area contributed by atoms with E-state index < -0.39 is 0 Å². The molecule has 0 aliphatic heterocycles. The number of aromatic nitrogens is 4. The maximum Gasteiger partial charge on any atom is 0.244 e. The van der Waals surface area contributed by atoms with Crippen molar-refractivity contribution < 1.29 is 4.79 Å². The molecule has 6 nitrogen and oxygen atoms in total. The van der Waals surface area contributed by atoms with Crippen molar-refractivity contribution in [3.8, 4) is 5.69 Å². The number of hydrogen-bond acceptors (Lipinski definition) is 3. The van der Waals surface area contributed by atoms with Gasteiger partial charge in [0.05, 0.1) is 36.1 Å². The molecular weight excluding hydrogens is 338 g/mol. The van der Waals surface area contributed by atoms with Gasteiger partial charge in [-0.05, 0) is 56.4 Å². The Bertz CT molecular complexity index is 984. The Morgan fingerprint density at radius 3 is 3.04 bits per heavy atom. The van der Waals surface area contributed by atoms with Crippen molar-refractivity contribution in [1.82, 2.24) is 25.1 Å². The van der Waals surface area contributed by atoms with Crippen molar-refractivity contribution in [2.24, 2.45) is 0 Å². The van der Waals surface area contributed by atoms with Gasteiger partial charge in [0.15, 0.2) is 0 Å². The molecule has 2 N–H and O–H groups in total. The third kappa shape index (κ3) is 3.43. The lowest BCUT2D eigenvalue weighted by Crippen LogP contribution is -2.29. The van der Waals surface area contributed by atoms with Crippen molar-refractivity contribution in [3.63, 3.8) is 0 Å². The molecular formula is C21H23N5O. The minimum atomic E-state index is -0.109. The van der Waals surface area contributed by atoms with E-state index in [0.717, 1.165) is 36.2 Å². The van der Waals surface area contributed by atoms with Gasteiger partial charge in [-0.15, -0.1) is 0 Å². The zero-order chi connectivity index (χ0) is 18.8. The van der Waals surface area contributed by atoms with Gasteiger partial charge in [0.1, 0.15) is 0 Å². The van der Waals surface area contributed by atoms with E-state index in [9.17, 15) is 4.79 Å². The van der Waals surface area contributed by atoms with Crippen LogP contribution in [-0.2, 0) is 11.2 Å². The standard InChI is InChI=1S/C21H23N5O/c1-14-5-3-7-19(15(14)2)26-20-8-4-6-18(17(20)12-24-26)25-21(27)10-9-16-11-22-13-23-16/h3,5,7,9-13,18H,4,6,8H2,1-2H3,(H,22,23)(H,25,27)/b10-9+/t18-/m1/s1. The predicted octanol–water partition coefficient (Wildman–Crippen LogP) is 3.42. The number of H-pyrrole nitrogens is 1. The van der Waals surface area contributed by atoms with Crippen molar-refractivity contribution in [2.45, 2.75) is 39.2 Å². The number of nitrogens with zero attached hydrogens (tertiary/aromatic N) is 3. The Morgan fingerprint density at radius 2 is 2.22 bits per heavy atom. The summed E-state index contributed by atoms with van der Waals surface area (Å²) < 4.78 is 2.04. The molecule has 1 amide bonds. The topological polar surface area (TPSA) is 75.6 Å². The van der Waals surface area contributed by atoms with Gasteiger partial charge in [0, 0.05) is 17.3 Å². The van der Waals surface area contributed by atoms with E-state index in [1.807, 2.05) is 10.9 Å². The van der Waals surface area contributed by atoms with E-state index in [-0.39, 0.29) is 11.9 Å². The van der Waals surface area contributed by atoms with Crippen molar-refractivity contribution in [2.75, 3.05) is 0 Å². The second-order valence-corrected chi connectivity index (χ2v) is 6.97. The van der Waals surface area contributed by atoms with E-state index in [2.05, 4.69) is 52.4 Å². The molecule has 138 valence electrons. The van der Waals surface area contributed by atoms with Crippen LogP contribution in [-0.4, -0.2) is 25.7 Å². The van der Waals surface area contributed by atoms with Crippen LogP contribution in [0.15, 0.2) is 43.0 Å². The number of benzene rings is 1. The van der Waals surface area contributed by atoms with Crippen molar-refractivity contribution >= 4 is 12.0 Å². The maximum absolute atomic E-state index is 12.3. The van der Waals surface area contributed by atoms with Crippen LogP contribution in [0.25, 0.3) is 11.8 Å². The third-order valence-electron chi connectivity index (χ3n) is 5.24. The number of nitrogens with one attached hydrogen (secondary N) is 2. The largest absolute Gasteiger partial charge is 0.346 e. The van der Waals surface area contributed by atoms with Gasteiger partial charge in [-0.3, -0.25) is 4.79 Å². The minimum absolute atomic E-state index is 0.00784. The number of amides is 1. The molecule has 3 aromatic rings. The Kier molecular flexibility index (Phi) is 4.62. The molecule has 2 aromatic heterocycles. The molecule has 1 aromatic carbocycles. The summed E-state index contributed by atoms with van der Waals surface area (Å²) in [5.74, 6) is -0.109. The van der Waals surface area contributed by atoms with E-state index in [1.54, 1.807) is 18.6 Å². The first kappa shape index (κ1) is 17.3. The maximum atomic E-state index is 12.3. The number of aromatic amines is 1. The smallest absolute Gasteiger partial charge is 0.244 e. The van der Waals surface area contributed by atoms with Crippen LogP contribution in [0, 0.1) is 13.8 Å². The zero-order valence-corrected chi connectivity index (χ0v) is 15.6. The van der Waals surface area contributed by atoms with Crippen LogP contribution in [0.2, 0.25) is 0 Å². The molecule has 1 aliphatic rings. The molecule has 2 heterocycles. The summed E-state index contributed by atoms with van der Waals surface area (Å²) >= 11 is 0. The van der Waals surface area contributed by atoms with Crippen LogP contribution in [0.4, 0.5) is 0 Å². The predicted molar refractivity (Wildman–Crippen MR) is 104 cm³/mol. The van der Waals surface area contributed by atoms with Gasteiger partial charge in [-0.1, -0.05) is 12.1 Å². The van der Waals surface area contributed by atoms with E-state index in [1.165, 1.54) is 22.9 Å². The summed E-state index contributed by atoms with van der Waals surface area (Å²) in [6.07, 6.45) is 11.4. The molecule has 1 aliphatic carbocycles. The van der Waals surface area contributed by atoms with Crippen LogP contribution in [0.3, 0.4) is 0 Å². The molecule has 1 atom stereocenters. The van der Waals surface area contributed by atoms with Gasteiger partial charge in [-0.25, -0.2) is 9.67 Å². The summed E-state index contributed by atoms with van der Waals surface area (Å²) in [6, 6.07) is 6.27. The Labute approximate surface area is 158 Å². The van der Waals surface area contributed by atoms with Crippen molar-refractivity contribution in [1.29, 1.82) is 0 Å². The molecule has 0 bridgehead atoms. The molecule has 4 rings (SSSR count). The normalized spacial score (nSPS) is 16.4. The molecule has 0 saturated heterocycles. The number of hydrogen-bond donors (Lipinski definition) is 2. The fourth-order valence-corrected chi connectivity index (χ4v) is 3.62. The van der Waals surface area contributed by atoms with Gasteiger partial charge < -0.3 is 10.3 Å². The molecule has 0 radical (unpaired) electrons. The number of carbonyl (C=O) groups is 1. The first-order chi connectivity index (χ1) is 13.1. The molecule has 0 spiro atoms. The minimum Gasteiger partial charge on any atom is -0.346 e.